The fourth-order valence-electron chi connectivity index (χ4n) is 4.28. The van der Waals surface area contributed by atoms with Crippen molar-refractivity contribution < 1.29 is 29.4 Å². The summed E-state index contributed by atoms with van der Waals surface area (Å²) in [5.74, 6) is -2.82. The molecule has 1 unspecified atom stereocenters. The third-order valence-electron chi connectivity index (χ3n) is 6.33. The van der Waals surface area contributed by atoms with Crippen LogP contribution in [0.25, 0.3) is 0 Å². The van der Waals surface area contributed by atoms with Gasteiger partial charge < -0.3 is 26.2 Å². The van der Waals surface area contributed by atoms with Crippen molar-refractivity contribution in [2.45, 2.75) is 51.5 Å². The number of para-hydroxylation sites is 1. The van der Waals surface area contributed by atoms with Gasteiger partial charge in [0, 0.05) is 24.2 Å². The first-order valence-electron chi connectivity index (χ1n) is 13.2. The van der Waals surface area contributed by atoms with Gasteiger partial charge in [-0.2, -0.15) is 0 Å². The minimum Gasteiger partial charge on any atom is -0.481 e. The number of carbonyl (C=O) groups excluding carboxylic acids is 2. The van der Waals surface area contributed by atoms with E-state index in [9.17, 15) is 24.3 Å². The molecule has 3 aromatic rings. The molecule has 0 heterocycles. The molecule has 2 atom stereocenters. The van der Waals surface area contributed by atoms with Gasteiger partial charge in [0.25, 0.3) is 0 Å². The van der Waals surface area contributed by atoms with Gasteiger partial charge in [-0.05, 0) is 59.7 Å². The Bertz CT molecular complexity index is 1290. The Kier molecular flexibility index (Phi) is 10.8. The number of aryl methyl sites for hydroxylation is 1. The van der Waals surface area contributed by atoms with E-state index in [1.165, 1.54) is 0 Å². The minimum atomic E-state index is -1.14. The number of carboxylic acid groups (broad SMARTS) is 2. The van der Waals surface area contributed by atoms with Crippen LogP contribution in [0, 0.1) is 5.92 Å². The van der Waals surface area contributed by atoms with E-state index in [1.54, 1.807) is 60.7 Å². The summed E-state index contributed by atoms with van der Waals surface area (Å²) in [6, 6.07) is 21.5. The molecule has 0 aliphatic rings. The Balaban J connectivity index is 1.66. The monoisotopic (exact) mass is 545 g/mol. The lowest BCUT2D eigenvalue weighted by molar-refractivity contribution is -0.142. The first-order valence-corrected chi connectivity index (χ1v) is 13.2. The van der Waals surface area contributed by atoms with Crippen molar-refractivity contribution in [1.29, 1.82) is 0 Å². The van der Waals surface area contributed by atoms with E-state index in [-0.39, 0.29) is 24.7 Å². The van der Waals surface area contributed by atoms with Gasteiger partial charge in [0.1, 0.15) is 6.04 Å². The van der Waals surface area contributed by atoms with Crippen molar-refractivity contribution in [2.75, 3.05) is 10.6 Å². The molecule has 0 aliphatic heterocycles. The van der Waals surface area contributed by atoms with Crippen LogP contribution in [0.4, 0.5) is 16.2 Å². The summed E-state index contributed by atoms with van der Waals surface area (Å²) in [6.07, 6.45) is 1.01. The van der Waals surface area contributed by atoms with Crippen molar-refractivity contribution >= 4 is 35.3 Å². The second-order valence-corrected chi connectivity index (χ2v) is 10.1. The van der Waals surface area contributed by atoms with Crippen LogP contribution in [0.5, 0.6) is 0 Å². The molecule has 0 aromatic heterocycles. The summed E-state index contributed by atoms with van der Waals surface area (Å²) in [5.41, 5.74) is 3.49. The Labute approximate surface area is 233 Å². The molecule has 3 rings (SSSR count). The smallest absolute Gasteiger partial charge is 0.326 e. The van der Waals surface area contributed by atoms with E-state index in [2.05, 4.69) is 16.0 Å². The lowest BCUT2D eigenvalue weighted by atomic mass is 9.89. The Morgan fingerprint density at radius 1 is 0.750 bits per heavy atom. The second-order valence-electron chi connectivity index (χ2n) is 10.1. The number of amides is 3. The van der Waals surface area contributed by atoms with Gasteiger partial charge in [0.2, 0.25) is 5.91 Å². The Morgan fingerprint density at radius 3 is 1.88 bits per heavy atom. The van der Waals surface area contributed by atoms with Gasteiger partial charge in [0.05, 0.1) is 5.92 Å². The van der Waals surface area contributed by atoms with Crippen LogP contribution in [0.1, 0.15) is 49.3 Å². The molecule has 0 spiro atoms. The number of anilines is 2. The maximum absolute atomic E-state index is 13.3. The zero-order valence-electron chi connectivity index (χ0n) is 22.6. The lowest BCUT2D eigenvalue weighted by Gasteiger charge is -2.22. The fraction of sp³-hybridized carbons (Fsp3) is 0.290. The van der Waals surface area contributed by atoms with E-state index in [0.29, 0.717) is 29.8 Å². The summed E-state index contributed by atoms with van der Waals surface area (Å²) in [6.45, 7) is 3.98. The van der Waals surface area contributed by atoms with E-state index in [0.717, 1.165) is 11.1 Å². The highest BCUT2D eigenvalue weighted by atomic mass is 16.4. The van der Waals surface area contributed by atoms with Gasteiger partial charge in [-0.15, -0.1) is 0 Å². The minimum absolute atomic E-state index is 0.0162. The van der Waals surface area contributed by atoms with Gasteiger partial charge in [0.15, 0.2) is 0 Å². The molecule has 5 N–H and O–H groups in total. The highest BCUT2D eigenvalue weighted by Crippen LogP contribution is 2.26. The number of rotatable bonds is 13. The van der Waals surface area contributed by atoms with Crippen LogP contribution >= 0.6 is 0 Å². The molecule has 0 bridgehead atoms. The predicted octanol–water partition coefficient (Wildman–Crippen LogP) is 5.29. The first kappa shape index (κ1) is 29.9. The van der Waals surface area contributed by atoms with Gasteiger partial charge >= 0.3 is 18.0 Å². The largest absolute Gasteiger partial charge is 0.481 e. The van der Waals surface area contributed by atoms with Crippen LogP contribution in [0.2, 0.25) is 0 Å². The summed E-state index contributed by atoms with van der Waals surface area (Å²) in [4.78, 5) is 48.4. The van der Waals surface area contributed by atoms with Crippen molar-refractivity contribution in [1.82, 2.24) is 5.32 Å². The van der Waals surface area contributed by atoms with Crippen LogP contribution in [0.3, 0.4) is 0 Å². The number of carbonyl (C=O) groups is 4. The van der Waals surface area contributed by atoms with Crippen LogP contribution < -0.4 is 16.0 Å². The molecule has 0 radical (unpaired) electrons. The molecular weight excluding hydrogens is 510 g/mol. The molecule has 9 nitrogen and oxygen atoms in total. The number of aliphatic carboxylic acids is 2. The molecule has 40 heavy (non-hydrogen) atoms. The standard InChI is InChI=1S/C31H35N3O6/c1-20(2)18-26(23-13-15-25(16-14-23)33-31(40)32-24-6-4-3-5-7-24)29(37)34-27(30(38)39)19-22-10-8-21(9-11-22)12-17-28(35)36/h3-11,13-16,20,26-27H,12,17-19H2,1-2H3,(H,34,37)(H,35,36)(H,38,39)(H2,32,33,40)/t26?,27-/m0/s1. The van der Waals surface area contributed by atoms with Crippen LogP contribution in [-0.2, 0) is 27.2 Å². The third-order valence-corrected chi connectivity index (χ3v) is 6.33. The topological polar surface area (TPSA) is 145 Å². The van der Waals surface area contributed by atoms with E-state index >= 15 is 0 Å². The molecular formula is C31H35N3O6. The molecule has 210 valence electrons. The predicted molar refractivity (Wildman–Crippen MR) is 153 cm³/mol. The number of carboxylic acids is 2. The van der Waals surface area contributed by atoms with Crippen molar-refractivity contribution in [3.05, 3.63) is 95.6 Å². The van der Waals surface area contributed by atoms with Crippen molar-refractivity contribution in [2.24, 2.45) is 5.92 Å². The highest BCUT2D eigenvalue weighted by molar-refractivity contribution is 5.99. The van der Waals surface area contributed by atoms with Crippen LogP contribution in [0.15, 0.2) is 78.9 Å². The average molecular weight is 546 g/mol. The zero-order chi connectivity index (χ0) is 29.1. The molecule has 0 saturated carbocycles. The number of urea groups is 1. The fourth-order valence-corrected chi connectivity index (χ4v) is 4.28. The quantitative estimate of drug-likeness (QED) is 0.197. The maximum atomic E-state index is 13.3. The Hall–Kier alpha value is -4.66. The normalized spacial score (nSPS) is 12.3. The van der Waals surface area contributed by atoms with Gasteiger partial charge in [-0.1, -0.05) is 68.4 Å². The average Bonchev–Trinajstić information content (AvgIpc) is 2.91. The van der Waals surface area contributed by atoms with E-state index < -0.39 is 29.9 Å². The zero-order valence-corrected chi connectivity index (χ0v) is 22.6. The number of nitrogens with one attached hydrogen (secondary N) is 3. The number of hydrogen-bond acceptors (Lipinski definition) is 4. The summed E-state index contributed by atoms with van der Waals surface area (Å²) < 4.78 is 0. The third kappa shape index (κ3) is 9.58. The van der Waals surface area contributed by atoms with E-state index in [4.69, 9.17) is 5.11 Å². The van der Waals surface area contributed by atoms with E-state index in [1.807, 2.05) is 32.0 Å². The second kappa shape index (κ2) is 14.5. The molecule has 0 aliphatic carbocycles. The molecule has 0 saturated heterocycles. The SMILES string of the molecule is CC(C)CC(C(=O)N[C@@H](Cc1ccc(CCC(=O)O)cc1)C(=O)O)c1ccc(NC(=O)Nc2ccccc2)cc1. The number of hydrogen-bond donors (Lipinski definition) is 5. The number of benzene rings is 3. The maximum Gasteiger partial charge on any atom is 0.326 e. The molecule has 9 heteroatoms. The highest BCUT2D eigenvalue weighted by Gasteiger charge is 2.27. The summed E-state index contributed by atoms with van der Waals surface area (Å²) >= 11 is 0. The lowest BCUT2D eigenvalue weighted by Crippen LogP contribution is -2.44. The van der Waals surface area contributed by atoms with Gasteiger partial charge in [-0.3, -0.25) is 9.59 Å². The first-order chi connectivity index (χ1) is 19.1. The molecule has 3 amide bonds. The molecule has 0 fully saturated rings. The summed E-state index contributed by atoms with van der Waals surface area (Å²) in [5, 5.41) is 26.9. The Morgan fingerprint density at radius 2 is 1.32 bits per heavy atom. The van der Waals surface area contributed by atoms with Crippen molar-refractivity contribution in [3.63, 3.8) is 0 Å². The van der Waals surface area contributed by atoms with Gasteiger partial charge in [-0.25, -0.2) is 9.59 Å². The summed E-state index contributed by atoms with van der Waals surface area (Å²) in [7, 11) is 0. The molecule has 3 aromatic carbocycles. The van der Waals surface area contributed by atoms with Crippen LogP contribution in [-0.4, -0.2) is 40.1 Å². The van der Waals surface area contributed by atoms with Crippen molar-refractivity contribution in [3.8, 4) is 0 Å².